The Hall–Kier alpha value is -2.06. The van der Waals surface area contributed by atoms with Gasteiger partial charge in [0.1, 0.15) is 0 Å². The highest BCUT2D eigenvalue weighted by Crippen LogP contribution is 2.30. The van der Waals surface area contributed by atoms with Gasteiger partial charge in [0.2, 0.25) is 0 Å². The third kappa shape index (κ3) is 7.02. The number of nitrogens with zero attached hydrogens (tertiary/aromatic N) is 2. The number of urea groups is 1. The number of anilines is 1. The summed E-state index contributed by atoms with van der Waals surface area (Å²) in [6.07, 6.45) is 7.87. The number of thiazole rings is 1. The van der Waals surface area contributed by atoms with Crippen molar-refractivity contribution < 1.29 is 14.7 Å². The molecule has 1 fully saturated rings. The van der Waals surface area contributed by atoms with Gasteiger partial charge in [0.15, 0.2) is 5.13 Å². The van der Waals surface area contributed by atoms with Crippen LogP contribution in [0.25, 0.3) is 0 Å². The summed E-state index contributed by atoms with van der Waals surface area (Å²) < 4.78 is 0.787. The first-order chi connectivity index (χ1) is 14.5. The molecule has 0 bridgehead atoms. The van der Waals surface area contributed by atoms with E-state index in [4.69, 9.17) is 5.11 Å². The van der Waals surface area contributed by atoms with Gasteiger partial charge in [-0.3, -0.25) is 10.1 Å². The number of aliphatic carboxylic acids is 1. The number of amides is 2. The molecule has 1 aliphatic carbocycles. The minimum atomic E-state index is -0.866. The van der Waals surface area contributed by atoms with Crippen molar-refractivity contribution in [3.8, 4) is 0 Å². The number of hydrogen-bond donors (Lipinski definition) is 2. The number of carboxylic acid groups (broad SMARTS) is 1. The number of carboxylic acids is 1. The van der Waals surface area contributed by atoms with Crippen molar-refractivity contribution in [2.45, 2.75) is 55.7 Å². The van der Waals surface area contributed by atoms with Gasteiger partial charge in [-0.25, -0.2) is 9.78 Å². The molecule has 1 heterocycles. The Labute approximate surface area is 186 Å². The van der Waals surface area contributed by atoms with Gasteiger partial charge in [0.05, 0.1) is 16.2 Å². The van der Waals surface area contributed by atoms with E-state index < -0.39 is 5.97 Å². The molecular weight excluding hydrogens is 418 g/mol. The van der Waals surface area contributed by atoms with Crippen LogP contribution in [0.2, 0.25) is 0 Å². The van der Waals surface area contributed by atoms with Crippen molar-refractivity contribution >= 4 is 40.2 Å². The number of nitrogens with one attached hydrogen (secondary N) is 1. The smallest absolute Gasteiger partial charge is 0.323 e. The van der Waals surface area contributed by atoms with E-state index in [2.05, 4.69) is 29.4 Å². The highest BCUT2D eigenvalue weighted by molar-refractivity contribution is 8.01. The van der Waals surface area contributed by atoms with E-state index in [1.54, 1.807) is 6.20 Å². The van der Waals surface area contributed by atoms with Crippen molar-refractivity contribution in [2.24, 2.45) is 5.92 Å². The Morgan fingerprint density at radius 1 is 1.23 bits per heavy atom. The molecule has 1 saturated carbocycles. The normalized spacial score (nSPS) is 18.7. The maximum Gasteiger partial charge on any atom is 0.323 e. The summed E-state index contributed by atoms with van der Waals surface area (Å²) in [6, 6.07) is 10.5. The maximum atomic E-state index is 13.1. The van der Waals surface area contributed by atoms with Crippen molar-refractivity contribution in [3.63, 3.8) is 0 Å². The molecule has 1 aromatic heterocycles. The molecule has 0 aliphatic heterocycles. The Morgan fingerprint density at radius 2 is 1.97 bits per heavy atom. The van der Waals surface area contributed by atoms with Gasteiger partial charge in [-0.05, 0) is 50.0 Å². The zero-order valence-corrected chi connectivity index (χ0v) is 18.9. The summed E-state index contributed by atoms with van der Waals surface area (Å²) in [5.74, 6) is -0.153. The number of thioether (sulfide) groups is 1. The molecule has 0 unspecified atom stereocenters. The van der Waals surface area contributed by atoms with Gasteiger partial charge in [0.25, 0.3) is 0 Å². The molecule has 0 atom stereocenters. The van der Waals surface area contributed by atoms with Crippen LogP contribution >= 0.6 is 23.1 Å². The quantitative estimate of drug-likeness (QED) is 0.505. The number of aromatic nitrogens is 1. The molecule has 2 N–H and O–H groups in total. The van der Waals surface area contributed by atoms with Gasteiger partial charge in [0, 0.05) is 12.6 Å². The molecule has 3 rings (SSSR count). The highest BCUT2D eigenvalue weighted by atomic mass is 32.2. The van der Waals surface area contributed by atoms with Crippen LogP contribution in [-0.2, 0) is 11.2 Å². The first kappa shape index (κ1) is 22.6. The topological polar surface area (TPSA) is 82.5 Å². The highest BCUT2D eigenvalue weighted by Gasteiger charge is 2.27. The van der Waals surface area contributed by atoms with Crippen molar-refractivity contribution in [2.75, 3.05) is 17.6 Å². The van der Waals surface area contributed by atoms with Crippen molar-refractivity contribution in [1.82, 2.24) is 9.88 Å². The van der Waals surface area contributed by atoms with Gasteiger partial charge < -0.3 is 10.0 Å². The minimum absolute atomic E-state index is 0.0125. The lowest BCUT2D eigenvalue weighted by molar-refractivity contribution is -0.133. The summed E-state index contributed by atoms with van der Waals surface area (Å²) >= 11 is 2.53. The van der Waals surface area contributed by atoms with E-state index in [1.165, 1.54) is 28.7 Å². The first-order valence-electron chi connectivity index (χ1n) is 10.4. The standard InChI is InChI=1S/C22H29N3O3S2/c1-16-9-11-18(12-10-16)25(13-5-8-17-6-3-2-4-7-17)22(28)24-21-23-14-20(30-21)29-15-19(26)27/h2-4,6-7,14,16,18H,5,8-13,15H2,1H3,(H,26,27)(H,23,24,28). The number of hydrogen-bond acceptors (Lipinski definition) is 5. The third-order valence-electron chi connectivity index (χ3n) is 5.43. The number of benzene rings is 1. The summed E-state index contributed by atoms with van der Waals surface area (Å²) in [5.41, 5.74) is 1.29. The average molecular weight is 448 g/mol. The SMILES string of the molecule is CC1CCC(N(CCCc2ccccc2)C(=O)Nc2ncc(SCC(=O)O)s2)CC1. The second-order valence-corrected chi connectivity index (χ2v) is 10.1. The molecule has 1 aliphatic rings. The van der Waals surface area contributed by atoms with Crippen LogP contribution in [0.4, 0.5) is 9.93 Å². The predicted molar refractivity (Wildman–Crippen MR) is 122 cm³/mol. The van der Waals surface area contributed by atoms with Gasteiger partial charge in [-0.1, -0.05) is 48.6 Å². The molecule has 0 saturated heterocycles. The summed E-state index contributed by atoms with van der Waals surface area (Å²) in [5, 5.41) is 12.3. The second-order valence-electron chi connectivity index (χ2n) is 7.79. The molecule has 2 aromatic rings. The molecule has 162 valence electrons. The predicted octanol–water partition coefficient (Wildman–Crippen LogP) is 5.37. The molecule has 0 spiro atoms. The maximum absolute atomic E-state index is 13.1. The molecule has 30 heavy (non-hydrogen) atoms. The first-order valence-corrected chi connectivity index (χ1v) is 12.2. The summed E-state index contributed by atoms with van der Waals surface area (Å²) in [6.45, 7) is 2.99. The zero-order chi connectivity index (χ0) is 21.3. The third-order valence-corrected chi connectivity index (χ3v) is 7.52. The van der Waals surface area contributed by atoms with Crippen LogP contribution in [0.1, 0.15) is 44.6 Å². The molecule has 6 nitrogen and oxygen atoms in total. The number of carbonyl (C=O) groups excluding carboxylic acids is 1. The molecule has 8 heteroatoms. The van der Waals surface area contributed by atoms with Gasteiger partial charge >= 0.3 is 12.0 Å². The average Bonchev–Trinajstić information content (AvgIpc) is 3.18. The van der Waals surface area contributed by atoms with Crippen LogP contribution in [0.3, 0.4) is 0 Å². The van der Waals surface area contributed by atoms with Crippen LogP contribution in [0, 0.1) is 5.92 Å². The van der Waals surface area contributed by atoms with E-state index in [1.807, 2.05) is 23.1 Å². The molecule has 2 amide bonds. The van der Waals surface area contributed by atoms with Crippen molar-refractivity contribution in [1.29, 1.82) is 0 Å². The number of carbonyl (C=O) groups is 2. The zero-order valence-electron chi connectivity index (χ0n) is 17.3. The lowest BCUT2D eigenvalue weighted by Crippen LogP contribution is -2.45. The van der Waals surface area contributed by atoms with E-state index in [-0.39, 0.29) is 17.8 Å². The largest absolute Gasteiger partial charge is 0.481 e. The van der Waals surface area contributed by atoms with E-state index in [0.29, 0.717) is 11.7 Å². The fraction of sp³-hybridized carbons (Fsp3) is 0.500. The van der Waals surface area contributed by atoms with E-state index in [0.717, 1.165) is 48.7 Å². The molecular formula is C22H29N3O3S2. The second kappa shape index (κ2) is 11.4. The van der Waals surface area contributed by atoms with Crippen LogP contribution < -0.4 is 5.32 Å². The Kier molecular flexibility index (Phi) is 8.57. The van der Waals surface area contributed by atoms with E-state index >= 15 is 0 Å². The van der Waals surface area contributed by atoms with Gasteiger partial charge in [-0.2, -0.15) is 0 Å². The van der Waals surface area contributed by atoms with Crippen molar-refractivity contribution in [3.05, 3.63) is 42.1 Å². The van der Waals surface area contributed by atoms with E-state index in [9.17, 15) is 9.59 Å². The van der Waals surface area contributed by atoms with Gasteiger partial charge in [-0.15, -0.1) is 11.8 Å². The Bertz CT molecular complexity index is 820. The summed E-state index contributed by atoms with van der Waals surface area (Å²) in [4.78, 5) is 30.1. The Morgan fingerprint density at radius 3 is 2.67 bits per heavy atom. The monoisotopic (exact) mass is 447 g/mol. The fourth-order valence-electron chi connectivity index (χ4n) is 3.78. The van der Waals surface area contributed by atoms with Crippen LogP contribution in [0.5, 0.6) is 0 Å². The minimum Gasteiger partial charge on any atom is -0.481 e. The lowest BCUT2D eigenvalue weighted by atomic mass is 9.86. The van der Waals surface area contributed by atoms with Crippen LogP contribution in [-0.4, -0.2) is 45.3 Å². The number of rotatable bonds is 9. The Balaban J connectivity index is 1.60. The lowest BCUT2D eigenvalue weighted by Gasteiger charge is -2.36. The molecule has 0 radical (unpaired) electrons. The molecule has 1 aromatic carbocycles. The summed E-state index contributed by atoms with van der Waals surface area (Å²) in [7, 11) is 0. The van der Waals surface area contributed by atoms with Crippen LogP contribution in [0.15, 0.2) is 40.7 Å². The fourth-order valence-corrected chi connectivity index (χ4v) is 5.36. The number of aryl methyl sites for hydroxylation is 1.